The van der Waals surface area contributed by atoms with E-state index in [1.807, 2.05) is 0 Å². The summed E-state index contributed by atoms with van der Waals surface area (Å²) in [6, 6.07) is 64.4. The maximum atomic E-state index is 2.32. The lowest BCUT2D eigenvalue weighted by atomic mass is 9.99. The van der Waals surface area contributed by atoms with Crippen LogP contribution in [0.3, 0.4) is 0 Å². The zero-order chi connectivity index (χ0) is 92.5. The normalized spacial score (nSPS) is 11.1. The van der Waals surface area contributed by atoms with Crippen molar-refractivity contribution in [2.75, 3.05) is 0 Å². The second kappa shape index (κ2) is 83.8. The van der Waals surface area contributed by atoms with Gasteiger partial charge in [-0.3, -0.25) is 0 Å². The molecule has 0 N–H and O–H groups in total. The van der Waals surface area contributed by atoms with Crippen molar-refractivity contribution in [2.24, 2.45) is 0 Å². The molecular weight excluding hydrogens is 1510 g/mol. The van der Waals surface area contributed by atoms with Crippen molar-refractivity contribution < 1.29 is 0 Å². The van der Waals surface area contributed by atoms with Crippen LogP contribution in [0.25, 0.3) is 0 Å². The first kappa shape index (κ1) is 119. The molecular formula is C126H210. The fourth-order valence-electron chi connectivity index (χ4n) is 16.5. The maximum absolute atomic E-state index is 2.32. The predicted octanol–water partition coefficient (Wildman–Crippen LogP) is 42.7. The predicted molar refractivity (Wildman–Crippen MR) is 576 cm³/mol. The standard InChI is InChI=1S/C21H36.C20H34.C19H32.C18H30.C17H28.C16H26.C15H24/c1-4-5-6-7-8-9-10-11-12-13-14-20-15-17-21(18-16-20)19(2)3;1-4-5-6-7-8-9-10-11-12-13-19-14-16-20(17-15-19)18(2)3;1-4-5-6-7-8-9-10-11-12-18-13-15-19(16-14-18)17(2)3;1-4-5-6-7-8-9-10-11-17-12-14-18(15-13-17)16(2)3;1-4-5-6-7-8-9-10-16-11-13-17(14-12-16)15(2)3;1-4-5-6-7-8-9-15-10-12-16(13-11-15)14(2)3;1-4-5-6-7-8-14-9-11-15(12-10-14)13(2)3/h15-19H,4-14H2,1-3H3;14-18H,4-13H2,1-3H3;13-17H,4-12H2,1-3H3;12-16H,4-11H2,1-3H3;11-15H,4-10H2,1-3H3;10-14H,4-9H2,1-3H3;9-13H,4-8H2,1-3H3. The van der Waals surface area contributed by atoms with E-state index in [2.05, 4.69) is 315 Å². The third kappa shape index (κ3) is 67.7. The molecule has 7 rings (SSSR count). The second-order valence-electron chi connectivity index (χ2n) is 40.4. The first-order valence-electron chi connectivity index (χ1n) is 54.8. The molecule has 0 aliphatic carbocycles. The fraction of sp³-hybridized carbons (Fsp3) is 0.667. The van der Waals surface area contributed by atoms with Crippen molar-refractivity contribution in [3.05, 3.63) is 248 Å². The number of hydrogen-bond acceptors (Lipinski definition) is 0. The fourth-order valence-corrected chi connectivity index (χ4v) is 16.5. The quantitative estimate of drug-likeness (QED) is 0.0333. The van der Waals surface area contributed by atoms with Gasteiger partial charge in [-0.05, 0) is 209 Å². The molecule has 0 bridgehead atoms. The molecule has 0 nitrogen and oxygen atoms in total. The lowest BCUT2D eigenvalue weighted by Gasteiger charge is -2.07. The van der Waals surface area contributed by atoms with Crippen LogP contribution in [0.5, 0.6) is 0 Å². The van der Waals surface area contributed by atoms with Gasteiger partial charge in [0.2, 0.25) is 0 Å². The highest BCUT2D eigenvalue weighted by Crippen LogP contribution is 2.25. The molecule has 0 heteroatoms. The van der Waals surface area contributed by atoms with Crippen molar-refractivity contribution in [1.82, 2.24) is 0 Å². The monoisotopic (exact) mass is 1720 g/mol. The lowest BCUT2D eigenvalue weighted by Crippen LogP contribution is -1.90. The summed E-state index contributed by atoms with van der Waals surface area (Å²) in [6.45, 7) is 47.5. The molecule has 0 atom stereocenters. The Morgan fingerprint density at radius 3 is 0.278 bits per heavy atom. The Bertz CT molecular complexity index is 3350. The Morgan fingerprint density at radius 1 is 0.111 bits per heavy atom. The zero-order valence-electron chi connectivity index (χ0n) is 87.8. The highest BCUT2D eigenvalue weighted by Gasteiger charge is 2.08. The van der Waals surface area contributed by atoms with Crippen LogP contribution >= 0.6 is 0 Å². The van der Waals surface area contributed by atoms with Gasteiger partial charge in [0.05, 0.1) is 0 Å². The van der Waals surface area contributed by atoms with Crippen LogP contribution in [0.1, 0.15) is 579 Å². The maximum Gasteiger partial charge on any atom is -0.0219 e. The molecule has 0 fully saturated rings. The third-order valence-corrected chi connectivity index (χ3v) is 26.0. The van der Waals surface area contributed by atoms with Gasteiger partial charge in [-0.15, -0.1) is 0 Å². The van der Waals surface area contributed by atoms with Crippen LogP contribution in [0, 0.1) is 0 Å². The van der Waals surface area contributed by atoms with Gasteiger partial charge in [0.15, 0.2) is 0 Å². The Kier molecular flexibility index (Phi) is 78.9. The van der Waals surface area contributed by atoms with E-state index in [0.717, 1.165) is 0 Å². The van der Waals surface area contributed by atoms with Crippen LogP contribution in [0.4, 0.5) is 0 Å². The summed E-state index contributed by atoms with van der Waals surface area (Å²) in [6.07, 6.45) is 77.5. The molecule has 0 saturated heterocycles. The van der Waals surface area contributed by atoms with E-state index in [1.165, 1.54) is 437 Å². The molecule has 0 radical (unpaired) electrons. The van der Waals surface area contributed by atoms with Crippen molar-refractivity contribution in [2.45, 2.75) is 546 Å². The molecule has 0 saturated carbocycles. The summed E-state index contributed by atoms with van der Waals surface area (Å²) in [5, 5.41) is 0. The van der Waals surface area contributed by atoms with Crippen molar-refractivity contribution in [1.29, 1.82) is 0 Å². The average molecular weight is 1730 g/mol. The van der Waals surface area contributed by atoms with Crippen LogP contribution in [-0.2, 0) is 44.9 Å². The Balaban J connectivity index is 0.000000737. The highest BCUT2D eigenvalue weighted by molar-refractivity contribution is 5.30. The first-order valence-corrected chi connectivity index (χ1v) is 54.8. The van der Waals surface area contributed by atoms with Gasteiger partial charge in [-0.25, -0.2) is 0 Å². The summed E-state index contributed by atoms with van der Waals surface area (Å²) in [7, 11) is 0. The lowest BCUT2D eigenvalue weighted by molar-refractivity contribution is 0.556. The number of benzene rings is 7. The molecule has 0 aliphatic rings. The summed E-state index contributed by atoms with van der Waals surface area (Å²) in [5.74, 6) is 4.55. The molecule has 0 unspecified atom stereocenters. The average Bonchev–Trinajstić information content (AvgIpc) is 0.939. The third-order valence-electron chi connectivity index (χ3n) is 26.0. The van der Waals surface area contributed by atoms with Gasteiger partial charge in [-0.1, -0.05) is 585 Å². The number of unbranched alkanes of at least 4 members (excludes halogenated alkanes) is 42. The summed E-state index contributed by atoms with van der Waals surface area (Å²) < 4.78 is 0. The van der Waals surface area contributed by atoms with Crippen LogP contribution in [0.15, 0.2) is 170 Å². The minimum atomic E-state index is 0.649. The van der Waals surface area contributed by atoms with E-state index in [0.29, 0.717) is 41.4 Å². The molecule has 714 valence electrons. The largest absolute Gasteiger partial charge is 0.0654 e. The van der Waals surface area contributed by atoms with Gasteiger partial charge in [0.25, 0.3) is 0 Å². The van der Waals surface area contributed by atoms with E-state index in [1.54, 1.807) is 0 Å². The smallest absolute Gasteiger partial charge is 0.0219 e. The molecule has 0 aliphatic heterocycles. The summed E-state index contributed by atoms with van der Waals surface area (Å²) in [5.41, 5.74) is 20.7. The second-order valence-corrected chi connectivity index (χ2v) is 40.4. The number of hydrogen-bond donors (Lipinski definition) is 0. The zero-order valence-corrected chi connectivity index (χ0v) is 87.8. The molecule has 0 aromatic heterocycles. The van der Waals surface area contributed by atoms with Gasteiger partial charge in [0, 0.05) is 0 Å². The van der Waals surface area contributed by atoms with Crippen molar-refractivity contribution >= 4 is 0 Å². The van der Waals surface area contributed by atoms with E-state index < -0.39 is 0 Å². The topological polar surface area (TPSA) is 0 Å². The SMILES string of the molecule is CCCCCCCCCCCCc1ccc(C(C)C)cc1.CCCCCCCCCCCc1ccc(C(C)C)cc1.CCCCCCCCCCc1ccc(C(C)C)cc1.CCCCCCCCCc1ccc(C(C)C)cc1.CCCCCCCCc1ccc(C(C)C)cc1.CCCCCCCc1ccc(C(C)C)cc1.CCCCCCc1ccc(C(C)C)cc1. The van der Waals surface area contributed by atoms with Crippen molar-refractivity contribution in [3.8, 4) is 0 Å². The van der Waals surface area contributed by atoms with Crippen molar-refractivity contribution in [3.63, 3.8) is 0 Å². The minimum Gasteiger partial charge on any atom is -0.0654 e. The van der Waals surface area contributed by atoms with Gasteiger partial charge in [0.1, 0.15) is 0 Å². The Labute approximate surface area is 788 Å². The summed E-state index contributed by atoms with van der Waals surface area (Å²) >= 11 is 0. The van der Waals surface area contributed by atoms with Gasteiger partial charge in [-0.2, -0.15) is 0 Å². The van der Waals surface area contributed by atoms with Gasteiger partial charge >= 0.3 is 0 Å². The number of rotatable bonds is 63. The molecule has 126 heavy (non-hydrogen) atoms. The molecule has 7 aromatic rings. The van der Waals surface area contributed by atoms with Crippen LogP contribution in [0.2, 0.25) is 0 Å². The number of aryl methyl sites for hydroxylation is 7. The molecule has 0 heterocycles. The van der Waals surface area contributed by atoms with Crippen LogP contribution < -0.4 is 0 Å². The first-order chi connectivity index (χ1) is 61.2. The highest BCUT2D eigenvalue weighted by atomic mass is 14.1. The molecule has 0 amide bonds. The van der Waals surface area contributed by atoms with E-state index >= 15 is 0 Å². The molecule has 7 aromatic carbocycles. The van der Waals surface area contributed by atoms with E-state index in [4.69, 9.17) is 0 Å². The van der Waals surface area contributed by atoms with Crippen LogP contribution in [-0.4, -0.2) is 0 Å². The Morgan fingerprint density at radius 2 is 0.190 bits per heavy atom. The minimum absolute atomic E-state index is 0.649. The summed E-state index contributed by atoms with van der Waals surface area (Å²) in [4.78, 5) is 0. The molecule has 0 spiro atoms. The van der Waals surface area contributed by atoms with E-state index in [9.17, 15) is 0 Å². The Hall–Kier alpha value is -5.46. The van der Waals surface area contributed by atoms with Gasteiger partial charge < -0.3 is 0 Å². The van der Waals surface area contributed by atoms with E-state index in [-0.39, 0.29) is 0 Å².